The Kier molecular flexibility index (Phi) is 3.68. The second-order valence-corrected chi connectivity index (χ2v) is 5.24. The van der Waals surface area contributed by atoms with E-state index in [0.717, 1.165) is 31.7 Å². The number of halogens is 2. The molecule has 0 spiro atoms. The van der Waals surface area contributed by atoms with Crippen LogP contribution in [-0.2, 0) is 6.42 Å². The van der Waals surface area contributed by atoms with Crippen molar-refractivity contribution in [2.24, 2.45) is 0 Å². The zero-order chi connectivity index (χ0) is 13.9. The van der Waals surface area contributed by atoms with Gasteiger partial charge in [0.15, 0.2) is 11.6 Å². The van der Waals surface area contributed by atoms with E-state index < -0.39 is 11.6 Å². The van der Waals surface area contributed by atoms with Gasteiger partial charge in [-0.3, -0.25) is 0 Å². The van der Waals surface area contributed by atoms with Crippen molar-refractivity contribution in [2.75, 3.05) is 5.32 Å². The van der Waals surface area contributed by atoms with Crippen molar-refractivity contribution in [1.82, 2.24) is 0 Å². The topological polar surface area (TPSA) is 12.0 Å². The quantitative estimate of drug-likeness (QED) is 0.772. The highest BCUT2D eigenvalue weighted by atomic mass is 19.2. The monoisotopic (exact) mass is 273 g/mol. The number of nitrogens with one attached hydrogen (secondary N) is 1. The highest BCUT2D eigenvalue weighted by molar-refractivity contribution is 5.48. The van der Waals surface area contributed by atoms with Gasteiger partial charge in [-0.2, -0.15) is 0 Å². The van der Waals surface area contributed by atoms with Crippen LogP contribution in [0.2, 0.25) is 0 Å². The van der Waals surface area contributed by atoms with E-state index in [1.54, 1.807) is 6.07 Å². The summed E-state index contributed by atoms with van der Waals surface area (Å²) in [5.41, 5.74) is 2.75. The van der Waals surface area contributed by atoms with Gasteiger partial charge < -0.3 is 5.32 Å². The minimum Gasteiger partial charge on any atom is -0.376 e. The molecule has 104 valence electrons. The zero-order valence-corrected chi connectivity index (χ0v) is 11.2. The third kappa shape index (κ3) is 2.53. The summed E-state index contributed by atoms with van der Waals surface area (Å²) >= 11 is 0. The summed E-state index contributed by atoms with van der Waals surface area (Å²) in [6, 6.07) is 12.5. The van der Waals surface area contributed by atoms with E-state index in [1.165, 1.54) is 17.2 Å². The summed E-state index contributed by atoms with van der Waals surface area (Å²) in [6.07, 6.45) is 4.22. The molecular formula is C17H17F2N. The van der Waals surface area contributed by atoms with Crippen molar-refractivity contribution in [3.05, 3.63) is 65.2 Å². The number of aryl methyl sites for hydroxylation is 1. The van der Waals surface area contributed by atoms with Gasteiger partial charge in [-0.15, -0.1) is 0 Å². The Morgan fingerprint density at radius 2 is 1.80 bits per heavy atom. The Hall–Kier alpha value is -1.90. The van der Waals surface area contributed by atoms with E-state index in [2.05, 4.69) is 17.4 Å². The molecule has 0 radical (unpaired) electrons. The van der Waals surface area contributed by atoms with Gasteiger partial charge in [-0.1, -0.05) is 36.8 Å². The van der Waals surface area contributed by atoms with Gasteiger partial charge in [-0.25, -0.2) is 8.78 Å². The molecule has 20 heavy (non-hydrogen) atoms. The van der Waals surface area contributed by atoms with Crippen LogP contribution in [0.25, 0.3) is 0 Å². The van der Waals surface area contributed by atoms with Crippen molar-refractivity contribution in [3.8, 4) is 0 Å². The Balaban J connectivity index is 1.92. The second-order valence-electron chi connectivity index (χ2n) is 5.24. The minimum absolute atomic E-state index is 0.0463. The first-order valence-electron chi connectivity index (χ1n) is 7.04. The fourth-order valence-corrected chi connectivity index (χ4v) is 2.87. The molecule has 1 unspecified atom stereocenters. The molecule has 0 saturated heterocycles. The van der Waals surface area contributed by atoms with Crippen LogP contribution in [0.15, 0.2) is 42.5 Å². The van der Waals surface area contributed by atoms with Gasteiger partial charge in [0.05, 0.1) is 11.7 Å². The van der Waals surface area contributed by atoms with Crippen LogP contribution in [0, 0.1) is 11.6 Å². The van der Waals surface area contributed by atoms with Crippen LogP contribution in [-0.4, -0.2) is 0 Å². The second kappa shape index (κ2) is 5.61. The molecule has 0 aromatic heterocycles. The predicted molar refractivity (Wildman–Crippen MR) is 76.7 cm³/mol. The van der Waals surface area contributed by atoms with E-state index in [-0.39, 0.29) is 11.7 Å². The molecule has 1 aliphatic carbocycles. The minimum atomic E-state index is -0.808. The first kappa shape index (κ1) is 13.1. The van der Waals surface area contributed by atoms with Gasteiger partial charge in [0.25, 0.3) is 0 Å². The Bertz CT molecular complexity index is 610. The molecule has 0 saturated carbocycles. The molecule has 0 bridgehead atoms. The maximum absolute atomic E-state index is 13.8. The highest BCUT2D eigenvalue weighted by Gasteiger charge is 2.19. The summed E-state index contributed by atoms with van der Waals surface area (Å²) in [7, 11) is 0. The first-order valence-corrected chi connectivity index (χ1v) is 7.04. The van der Waals surface area contributed by atoms with Gasteiger partial charge in [0, 0.05) is 0 Å². The van der Waals surface area contributed by atoms with Gasteiger partial charge >= 0.3 is 0 Å². The average molecular weight is 273 g/mol. The molecule has 0 aliphatic heterocycles. The van der Waals surface area contributed by atoms with Crippen molar-refractivity contribution < 1.29 is 8.78 Å². The molecule has 1 aliphatic rings. The Labute approximate surface area is 117 Å². The van der Waals surface area contributed by atoms with Gasteiger partial charge in [0.1, 0.15) is 0 Å². The third-order valence-electron chi connectivity index (χ3n) is 3.90. The lowest BCUT2D eigenvalue weighted by atomic mass is 9.99. The van der Waals surface area contributed by atoms with Crippen molar-refractivity contribution in [3.63, 3.8) is 0 Å². The first-order chi connectivity index (χ1) is 9.75. The van der Waals surface area contributed by atoms with Crippen LogP contribution in [0.5, 0.6) is 0 Å². The van der Waals surface area contributed by atoms with Crippen LogP contribution in [0.4, 0.5) is 14.5 Å². The maximum atomic E-state index is 13.8. The van der Waals surface area contributed by atoms with Crippen molar-refractivity contribution >= 4 is 5.69 Å². The van der Waals surface area contributed by atoms with E-state index in [1.807, 2.05) is 12.1 Å². The molecular weight excluding hydrogens is 256 g/mol. The third-order valence-corrected chi connectivity index (χ3v) is 3.90. The number of hydrogen-bond acceptors (Lipinski definition) is 1. The molecule has 2 aromatic carbocycles. The molecule has 0 fully saturated rings. The van der Waals surface area contributed by atoms with Crippen LogP contribution in [0.3, 0.4) is 0 Å². The molecule has 1 atom stereocenters. The van der Waals surface area contributed by atoms with E-state index in [0.29, 0.717) is 0 Å². The average Bonchev–Trinajstić information content (AvgIpc) is 2.67. The lowest BCUT2D eigenvalue weighted by Gasteiger charge is -2.21. The van der Waals surface area contributed by atoms with Crippen molar-refractivity contribution in [1.29, 1.82) is 0 Å². The van der Waals surface area contributed by atoms with E-state index in [9.17, 15) is 8.78 Å². The molecule has 3 rings (SSSR count). The van der Waals surface area contributed by atoms with Crippen LogP contribution >= 0.6 is 0 Å². The summed E-state index contributed by atoms with van der Waals surface area (Å²) in [4.78, 5) is 0. The fourth-order valence-electron chi connectivity index (χ4n) is 2.87. The largest absolute Gasteiger partial charge is 0.376 e. The lowest BCUT2D eigenvalue weighted by Crippen LogP contribution is -2.12. The SMILES string of the molecule is Fc1cccc(NC2CCCCc3ccccc32)c1F. The summed E-state index contributed by atoms with van der Waals surface area (Å²) in [6.45, 7) is 0. The number of rotatable bonds is 2. The molecule has 1 nitrogen and oxygen atoms in total. The molecule has 1 N–H and O–H groups in total. The van der Waals surface area contributed by atoms with Crippen LogP contribution in [0.1, 0.15) is 36.4 Å². The van der Waals surface area contributed by atoms with E-state index >= 15 is 0 Å². The number of hydrogen-bond donors (Lipinski definition) is 1. The molecule has 3 heteroatoms. The standard InChI is InChI=1S/C17H17F2N/c18-14-9-5-11-16(17(14)19)20-15-10-4-2-7-12-6-1-3-8-13(12)15/h1,3,5-6,8-9,11,15,20H,2,4,7,10H2. The summed E-state index contributed by atoms with van der Waals surface area (Å²) in [5.74, 6) is -1.61. The fraction of sp³-hybridized carbons (Fsp3) is 0.294. The Morgan fingerprint density at radius 3 is 2.70 bits per heavy atom. The smallest absolute Gasteiger partial charge is 0.181 e. The van der Waals surface area contributed by atoms with Crippen molar-refractivity contribution in [2.45, 2.75) is 31.7 Å². The van der Waals surface area contributed by atoms with Crippen LogP contribution < -0.4 is 5.32 Å². The van der Waals surface area contributed by atoms with Gasteiger partial charge in [0.2, 0.25) is 0 Å². The molecule has 0 heterocycles. The zero-order valence-electron chi connectivity index (χ0n) is 11.2. The summed E-state index contributed by atoms with van der Waals surface area (Å²) in [5, 5.41) is 3.17. The van der Waals surface area contributed by atoms with Gasteiger partial charge in [-0.05, 0) is 42.5 Å². The normalized spacial score (nSPS) is 18.2. The Morgan fingerprint density at radius 1 is 0.950 bits per heavy atom. The predicted octanol–water partition coefficient (Wildman–Crippen LogP) is 4.84. The number of benzene rings is 2. The number of anilines is 1. The molecule has 0 amide bonds. The summed E-state index contributed by atoms with van der Waals surface area (Å²) < 4.78 is 27.1. The lowest BCUT2D eigenvalue weighted by molar-refractivity contribution is 0.508. The van der Waals surface area contributed by atoms with E-state index in [4.69, 9.17) is 0 Å². The highest BCUT2D eigenvalue weighted by Crippen LogP contribution is 2.32. The molecule has 2 aromatic rings. The number of fused-ring (bicyclic) bond motifs is 1. The maximum Gasteiger partial charge on any atom is 0.181 e.